The number of nitrogens with one attached hydrogen (secondary N) is 1. The summed E-state index contributed by atoms with van der Waals surface area (Å²) in [5.74, 6) is 0.0597. The zero-order valence-corrected chi connectivity index (χ0v) is 18.6. The number of rotatable bonds is 6. The predicted octanol–water partition coefficient (Wildman–Crippen LogP) is 1.88. The SMILES string of the molecule is CN(C)CCNC(=O)c1ccc2c(c1)C1(CCN(Cc3cccnc3)CC1)C(=O)N2C. The van der Waals surface area contributed by atoms with Crippen LogP contribution in [-0.2, 0) is 16.8 Å². The lowest BCUT2D eigenvalue weighted by atomic mass is 9.73. The minimum Gasteiger partial charge on any atom is -0.351 e. The molecule has 0 bridgehead atoms. The number of carbonyl (C=O) groups excluding carboxylic acids is 2. The molecule has 2 aromatic rings. The molecule has 0 radical (unpaired) electrons. The normalized spacial score (nSPS) is 17.9. The van der Waals surface area contributed by atoms with Crippen LogP contribution in [-0.4, -0.2) is 73.9 Å². The van der Waals surface area contributed by atoms with Gasteiger partial charge in [0.1, 0.15) is 0 Å². The summed E-state index contributed by atoms with van der Waals surface area (Å²) < 4.78 is 0. The maximum absolute atomic E-state index is 13.3. The van der Waals surface area contributed by atoms with Gasteiger partial charge in [-0.3, -0.25) is 19.5 Å². The van der Waals surface area contributed by atoms with Crippen LogP contribution in [0.2, 0.25) is 0 Å². The molecule has 1 aromatic heterocycles. The van der Waals surface area contributed by atoms with Crippen LogP contribution in [0.4, 0.5) is 5.69 Å². The highest BCUT2D eigenvalue weighted by molar-refractivity contribution is 6.09. The molecule has 2 amide bonds. The Kier molecular flexibility index (Phi) is 6.07. The number of fused-ring (bicyclic) bond motifs is 2. The topological polar surface area (TPSA) is 68.8 Å². The van der Waals surface area contributed by atoms with E-state index in [1.54, 1.807) is 11.1 Å². The molecule has 164 valence electrons. The van der Waals surface area contributed by atoms with E-state index >= 15 is 0 Å². The number of amides is 2. The van der Waals surface area contributed by atoms with Gasteiger partial charge in [0.05, 0.1) is 5.41 Å². The Morgan fingerprint density at radius 1 is 1.23 bits per heavy atom. The fourth-order valence-corrected chi connectivity index (χ4v) is 4.72. The first kappa shape index (κ1) is 21.5. The summed E-state index contributed by atoms with van der Waals surface area (Å²) in [7, 11) is 5.80. The third-order valence-corrected chi connectivity index (χ3v) is 6.53. The van der Waals surface area contributed by atoms with Crippen LogP contribution in [0.15, 0.2) is 42.7 Å². The van der Waals surface area contributed by atoms with Gasteiger partial charge in [0, 0.05) is 50.3 Å². The van der Waals surface area contributed by atoms with Crippen LogP contribution in [0, 0.1) is 0 Å². The third kappa shape index (κ3) is 4.20. The number of likely N-dealkylation sites (N-methyl/N-ethyl adjacent to an activating group) is 2. The summed E-state index contributed by atoms with van der Waals surface area (Å²) in [6, 6.07) is 9.73. The predicted molar refractivity (Wildman–Crippen MR) is 121 cm³/mol. The van der Waals surface area contributed by atoms with Gasteiger partial charge in [0.15, 0.2) is 0 Å². The largest absolute Gasteiger partial charge is 0.351 e. The van der Waals surface area contributed by atoms with E-state index in [9.17, 15) is 9.59 Å². The minimum absolute atomic E-state index is 0.0872. The summed E-state index contributed by atoms with van der Waals surface area (Å²) in [6.07, 6.45) is 5.20. The zero-order valence-electron chi connectivity index (χ0n) is 18.6. The monoisotopic (exact) mass is 421 g/mol. The van der Waals surface area contributed by atoms with Crippen molar-refractivity contribution in [3.8, 4) is 0 Å². The van der Waals surface area contributed by atoms with Gasteiger partial charge >= 0.3 is 0 Å². The van der Waals surface area contributed by atoms with E-state index in [4.69, 9.17) is 0 Å². The molecule has 1 fully saturated rings. The summed E-state index contributed by atoms with van der Waals surface area (Å²) in [4.78, 5) is 36.4. The quantitative estimate of drug-likeness (QED) is 0.771. The van der Waals surface area contributed by atoms with E-state index in [1.807, 2.05) is 56.5 Å². The molecule has 1 saturated heterocycles. The first-order chi connectivity index (χ1) is 14.9. The van der Waals surface area contributed by atoms with Crippen molar-refractivity contribution in [1.82, 2.24) is 20.1 Å². The van der Waals surface area contributed by atoms with Gasteiger partial charge in [-0.2, -0.15) is 0 Å². The molecule has 3 heterocycles. The summed E-state index contributed by atoms with van der Waals surface area (Å²) in [5, 5.41) is 2.98. The Morgan fingerprint density at radius 3 is 2.68 bits per heavy atom. The van der Waals surface area contributed by atoms with Crippen LogP contribution in [0.1, 0.15) is 34.3 Å². The smallest absolute Gasteiger partial charge is 0.251 e. The summed E-state index contributed by atoms with van der Waals surface area (Å²) in [5.41, 5.74) is 3.20. The molecule has 31 heavy (non-hydrogen) atoms. The standard InChI is InChI=1S/C24H31N5O2/c1-27(2)14-11-26-22(30)19-6-7-21-20(15-19)24(23(31)28(21)3)8-12-29(13-9-24)17-18-5-4-10-25-16-18/h4-7,10,15-16H,8-9,11-14,17H2,1-3H3,(H,26,30). The van der Waals surface area contributed by atoms with Crippen molar-refractivity contribution in [1.29, 1.82) is 0 Å². The molecule has 7 heteroatoms. The minimum atomic E-state index is -0.532. The van der Waals surface area contributed by atoms with Crippen molar-refractivity contribution < 1.29 is 9.59 Å². The first-order valence-electron chi connectivity index (χ1n) is 10.9. The number of nitrogens with zero attached hydrogens (tertiary/aromatic N) is 4. The van der Waals surface area contributed by atoms with Crippen LogP contribution in [0.5, 0.6) is 0 Å². The molecule has 0 saturated carbocycles. The number of anilines is 1. The van der Waals surface area contributed by atoms with Crippen molar-refractivity contribution in [3.05, 3.63) is 59.4 Å². The van der Waals surface area contributed by atoms with E-state index in [-0.39, 0.29) is 11.8 Å². The maximum Gasteiger partial charge on any atom is 0.251 e. The molecule has 1 N–H and O–H groups in total. The highest BCUT2D eigenvalue weighted by Crippen LogP contribution is 2.47. The fourth-order valence-electron chi connectivity index (χ4n) is 4.72. The average Bonchev–Trinajstić information content (AvgIpc) is 2.97. The molecule has 7 nitrogen and oxygen atoms in total. The third-order valence-electron chi connectivity index (χ3n) is 6.53. The number of hydrogen-bond acceptors (Lipinski definition) is 5. The first-order valence-corrected chi connectivity index (χ1v) is 10.9. The second-order valence-electron chi connectivity index (χ2n) is 8.87. The number of pyridine rings is 1. The van der Waals surface area contributed by atoms with E-state index < -0.39 is 5.41 Å². The number of benzene rings is 1. The van der Waals surface area contributed by atoms with Gasteiger partial charge < -0.3 is 15.1 Å². The van der Waals surface area contributed by atoms with Crippen molar-refractivity contribution in [2.24, 2.45) is 0 Å². The number of carbonyl (C=O) groups is 2. The highest BCUT2D eigenvalue weighted by atomic mass is 16.2. The lowest BCUT2D eigenvalue weighted by Gasteiger charge is -2.38. The summed E-state index contributed by atoms with van der Waals surface area (Å²) in [6.45, 7) is 3.90. The van der Waals surface area contributed by atoms with E-state index in [0.29, 0.717) is 12.1 Å². The zero-order chi connectivity index (χ0) is 22.0. The van der Waals surface area contributed by atoms with Crippen molar-refractivity contribution in [2.75, 3.05) is 52.2 Å². The fraction of sp³-hybridized carbons (Fsp3) is 0.458. The van der Waals surface area contributed by atoms with E-state index in [0.717, 1.165) is 50.3 Å². The average molecular weight is 422 g/mol. The molecular formula is C24H31N5O2. The Labute approximate surface area is 184 Å². The molecular weight excluding hydrogens is 390 g/mol. The second-order valence-corrected chi connectivity index (χ2v) is 8.87. The van der Waals surface area contributed by atoms with Gasteiger partial charge in [0.2, 0.25) is 5.91 Å². The van der Waals surface area contributed by atoms with E-state index in [1.165, 1.54) is 5.56 Å². The molecule has 1 aromatic carbocycles. The Hall–Kier alpha value is -2.77. The van der Waals surface area contributed by atoms with Gasteiger partial charge in [-0.1, -0.05) is 6.07 Å². The van der Waals surface area contributed by atoms with Crippen LogP contribution >= 0.6 is 0 Å². The molecule has 2 aliphatic rings. The number of likely N-dealkylation sites (tertiary alicyclic amines) is 1. The van der Waals surface area contributed by atoms with Crippen LogP contribution < -0.4 is 10.2 Å². The lowest BCUT2D eigenvalue weighted by Crippen LogP contribution is -2.47. The number of aromatic nitrogens is 1. The van der Waals surface area contributed by atoms with Crippen molar-refractivity contribution in [3.63, 3.8) is 0 Å². The Bertz CT molecular complexity index is 952. The number of piperidine rings is 1. The Balaban J connectivity index is 1.51. The van der Waals surface area contributed by atoms with Crippen LogP contribution in [0.3, 0.4) is 0 Å². The molecule has 0 unspecified atom stereocenters. The molecule has 0 atom stereocenters. The molecule has 0 aliphatic carbocycles. The van der Waals surface area contributed by atoms with Gasteiger partial charge in [-0.15, -0.1) is 0 Å². The van der Waals surface area contributed by atoms with Crippen LogP contribution in [0.25, 0.3) is 0 Å². The maximum atomic E-state index is 13.3. The summed E-state index contributed by atoms with van der Waals surface area (Å²) >= 11 is 0. The van der Waals surface area contributed by atoms with Crippen molar-refractivity contribution in [2.45, 2.75) is 24.8 Å². The molecule has 2 aliphatic heterocycles. The second kappa shape index (κ2) is 8.77. The van der Waals surface area contributed by atoms with Crippen molar-refractivity contribution >= 4 is 17.5 Å². The molecule has 1 spiro atoms. The molecule has 4 rings (SSSR count). The van der Waals surface area contributed by atoms with Gasteiger partial charge in [-0.25, -0.2) is 0 Å². The number of hydrogen-bond donors (Lipinski definition) is 1. The van der Waals surface area contributed by atoms with Gasteiger partial charge in [-0.05, 0) is 75.4 Å². The van der Waals surface area contributed by atoms with E-state index in [2.05, 4.69) is 21.3 Å². The lowest BCUT2D eigenvalue weighted by molar-refractivity contribution is -0.124. The Morgan fingerprint density at radius 2 is 2.00 bits per heavy atom. The highest BCUT2D eigenvalue weighted by Gasteiger charge is 2.51. The van der Waals surface area contributed by atoms with Gasteiger partial charge in [0.25, 0.3) is 5.91 Å².